The zero-order valence-electron chi connectivity index (χ0n) is 13.5. The number of nitrogens with zero attached hydrogens (tertiary/aromatic N) is 1. The average Bonchev–Trinajstić information content (AvgIpc) is 2.35. The maximum Gasteiger partial charge on any atom is 0.303 e. The number of nitrogens with one attached hydrogen (secondary N) is 1. The Balaban J connectivity index is 3.57. The van der Waals surface area contributed by atoms with E-state index in [0.29, 0.717) is 0 Å². The summed E-state index contributed by atoms with van der Waals surface area (Å²) in [5.74, 6) is -0.717. The molecular formula is C16H30N2O2. The number of carbonyl (C=O) groups is 1. The van der Waals surface area contributed by atoms with E-state index in [0.717, 1.165) is 45.2 Å². The molecule has 0 aliphatic heterocycles. The number of rotatable bonds is 11. The summed E-state index contributed by atoms with van der Waals surface area (Å²) in [4.78, 5) is 10.6. The van der Waals surface area contributed by atoms with E-state index in [2.05, 4.69) is 25.2 Å². The summed E-state index contributed by atoms with van der Waals surface area (Å²) >= 11 is 0. The minimum atomic E-state index is -0.717. The summed E-state index contributed by atoms with van der Waals surface area (Å²) < 4.78 is 0. The second-order valence-corrected chi connectivity index (χ2v) is 7.01. The quantitative estimate of drug-likeness (QED) is 0.568. The molecule has 20 heavy (non-hydrogen) atoms. The molecule has 4 heteroatoms. The number of aliphatic carboxylic acids is 1. The molecule has 116 valence electrons. The maximum absolute atomic E-state index is 10.6. The van der Waals surface area contributed by atoms with Crippen molar-refractivity contribution < 1.29 is 9.90 Å². The molecule has 0 saturated carbocycles. The molecule has 0 aromatic carbocycles. The van der Waals surface area contributed by atoms with Crippen LogP contribution in [0.3, 0.4) is 0 Å². The molecule has 0 saturated heterocycles. The topological polar surface area (TPSA) is 73.1 Å². The van der Waals surface area contributed by atoms with Crippen LogP contribution in [0.1, 0.15) is 66.2 Å². The molecule has 4 nitrogen and oxygen atoms in total. The molecule has 0 aliphatic carbocycles. The van der Waals surface area contributed by atoms with Crippen molar-refractivity contribution in [2.45, 2.75) is 66.2 Å². The molecule has 0 fully saturated rings. The molecule has 0 unspecified atom stereocenters. The van der Waals surface area contributed by atoms with Gasteiger partial charge in [0.25, 0.3) is 0 Å². The molecule has 0 bridgehead atoms. The van der Waals surface area contributed by atoms with E-state index >= 15 is 0 Å². The second-order valence-electron chi connectivity index (χ2n) is 7.01. The van der Waals surface area contributed by atoms with Crippen LogP contribution in [-0.2, 0) is 4.79 Å². The predicted molar refractivity (Wildman–Crippen MR) is 81.4 cm³/mol. The van der Waals surface area contributed by atoms with E-state index in [1.807, 2.05) is 13.8 Å². The number of carboxylic acids is 1. The Labute approximate surface area is 123 Å². The third-order valence-corrected chi connectivity index (χ3v) is 3.70. The Bertz CT molecular complexity index is 330. The Kier molecular flexibility index (Phi) is 8.48. The summed E-state index contributed by atoms with van der Waals surface area (Å²) in [6.45, 7) is 10.1. The van der Waals surface area contributed by atoms with Gasteiger partial charge in [-0.05, 0) is 58.0 Å². The van der Waals surface area contributed by atoms with Crippen LogP contribution in [0.4, 0.5) is 0 Å². The van der Waals surface area contributed by atoms with E-state index in [1.165, 1.54) is 0 Å². The van der Waals surface area contributed by atoms with Gasteiger partial charge in [0.1, 0.15) is 0 Å². The molecule has 2 N–H and O–H groups in total. The average molecular weight is 282 g/mol. The Morgan fingerprint density at radius 1 is 1.10 bits per heavy atom. The lowest BCUT2D eigenvalue weighted by molar-refractivity contribution is -0.137. The van der Waals surface area contributed by atoms with Gasteiger partial charge in [-0.3, -0.25) is 4.79 Å². The lowest BCUT2D eigenvalue weighted by atomic mass is 9.84. The normalized spacial score (nSPS) is 12.2. The highest BCUT2D eigenvalue weighted by Gasteiger charge is 2.18. The fourth-order valence-corrected chi connectivity index (χ4v) is 1.99. The molecule has 0 radical (unpaired) electrons. The first-order valence-corrected chi connectivity index (χ1v) is 7.52. The molecule has 0 aromatic rings. The summed E-state index contributed by atoms with van der Waals surface area (Å²) in [6.07, 6.45) is 5.05. The first kappa shape index (κ1) is 18.9. The van der Waals surface area contributed by atoms with Crippen molar-refractivity contribution in [1.29, 1.82) is 5.26 Å². The third kappa shape index (κ3) is 10.8. The standard InChI is InChI=1S/C16H30N2O2/c1-15(2,9-7-14(19)20)10-12-18-11-6-5-8-16(3,4)13-17/h18H,5-12H2,1-4H3,(H,19,20). The Morgan fingerprint density at radius 3 is 2.30 bits per heavy atom. The number of hydrogen-bond donors (Lipinski definition) is 2. The van der Waals surface area contributed by atoms with E-state index < -0.39 is 5.97 Å². The van der Waals surface area contributed by atoms with E-state index in [-0.39, 0.29) is 17.3 Å². The van der Waals surface area contributed by atoms with Crippen molar-refractivity contribution in [1.82, 2.24) is 5.32 Å². The molecule has 0 aromatic heterocycles. The zero-order valence-corrected chi connectivity index (χ0v) is 13.5. The molecule has 0 aliphatic rings. The van der Waals surface area contributed by atoms with Gasteiger partial charge in [-0.1, -0.05) is 20.3 Å². The summed E-state index contributed by atoms with van der Waals surface area (Å²) in [6, 6.07) is 2.32. The largest absolute Gasteiger partial charge is 0.481 e. The van der Waals surface area contributed by atoms with Gasteiger partial charge < -0.3 is 10.4 Å². The lowest BCUT2D eigenvalue weighted by Gasteiger charge is -2.24. The summed E-state index contributed by atoms with van der Waals surface area (Å²) in [7, 11) is 0. The number of unbranched alkanes of at least 4 members (excludes halogenated alkanes) is 1. The lowest BCUT2D eigenvalue weighted by Crippen LogP contribution is -2.24. The molecule has 0 amide bonds. The highest BCUT2D eigenvalue weighted by Crippen LogP contribution is 2.26. The van der Waals surface area contributed by atoms with Crippen LogP contribution in [0.25, 0.3) is 0 Å². The highest BCUT2D eigenvalue weighted by molar-refractivity contribution is 5.66. The van der Waals surface area contributed by atoms with Gasteiger partial charge in [-0.15, -0.1) is 0 Å². The van der Waals surface area contributed by atoms with E-state index in [9.17, 15) is 4.79 Å². The van der Waals surface area contributed by atoms with Crippen molar-refractivity contribution in [3.05, 3.63) is 0 Å². The number of hydrogen-bond acceptors (Lipinski definition) is 3. The summed E-state index contributed by atoms with van der Waals surface area (Å²) in [5.41, 5.74) is -0.132. The van der Waals surface area contributed by atoms with Crippen LogP contribution in [0.5, 0.6) is 0 Å². The first-order valence-electron chi connectivity index (χ1n) is 7.52. The minimum absolute atomic E-state index is 0.0776. The smallest absolute Gasteiger partial charge is 0.303 e. The van der Waals surface area contributed by atoms with Crippen molar-refractivity contribution in [2.24, 2.45) is 10.8 Å². The van der Waals surface area contributed by atoms with E-state index in [4.69, 9.17) is 10.4 Å². The zero-order chi connectivity index (χ0) is 15.6. The van der Waals surface area contributed by atoms with Crippen molar-refractivity contribution in [2.75, 3.05) is 13.1 Å². The van der Waals surface area contributed by atoms with Gasteiger partial charge in [0.2, 0.25) is 0 Å². The van der Waals surface area contributed by atoms with Gasteiger partial charge in [-0.2, -0.15) is 5.26 Å². The van der Waals surface area contributed by atoms with Gasteiger partial charge in [0, 0.05) is 6.42 Å². The van der Waals surface area contributed by atoms with Crippen LogP contribution < -0.4 is 5.32 Å². The first-order chi connectivity index (χ1) is 9.18. The monoisotopic (exact) mass is 282 g/mol. The Morgan fingerprint density at radius 2 is 1.75 bits per heavy atom. The van der Waals surface area contributed by atoms with Crippen molar-refractivity contribution in [3.63, 3.8) is 0 Å². The fourth-order valence-electron chi connectivity index (χ4n) is 1.99. The van der Waals surface area contributed by atoms with Gasteiger partial charge >= 0.3 is 5.97 Å². The van der Waals surface area contributed by atoms with Crippen LogP contribution in [0, 0.1) is 22.2 Å². The molecular weight excluding hydrogens is 252 g/mol. The minimum Gasteiger partial charge on any atom is -0.481 e. The van der Waals surface area contributed by atoms with Gasteiger partial charge in [0.15, 0.2) is 0 Å². The van der Waals surface area contributed by atoms with Crippen molar-refractivity contribution in [3.8, 4) is 6.07 Å². The predicted octanol–water partition coefficient (Wildman–Crippen LogP) is 3.58. The van der Waals surface area contributed by atoms with Crippen molar-refractivity contribution >= 4 is 5.97 Å². The SMILES string of the molecule is CC(C)(C#N)CCCCNCCC(C)(C)CCC(=O)O. The third-order valence-electron chi connectivity index (χ3n) is 3.70. The highest BCUT2D eigenvalue weighted by atomic mass is 16.4. The fraction of sp³-hybridized carbons (Fsp3) is 0.875. The second kappa shape index (κ2) is 8.97. The van der Waals surface area contributed by atoms with Crippen LogP contribution >= 0.6 is 0 Å². The van der Waals surface area contributed by atoms with E-state index in [1.54, 1.807) is 0 Å². The number of nitriles is 1. The molecule has 0 heterocycles. The number of carboxylic acid groups (broad SMARTS) is 1. The van der Waals surface area contributed by atoms with Crippen LogP contribution in [0.2, 0.25) is 0 Å². The van der Waals surface area contributed by atoms with Gasteiger partial charge in [0.05, 0.1) is 11.5 Å². The summed E-state index contributed by atoms with van der Waals surface area (Å²) in [5, 5.41) is 21.0. The molecule has 0 rings (SSSR count). The molecule has 0 spiro atoms. The van der Waals surface area contributed by atoms with Gasteiger partial charge in [-0.25, -0.2) is 0 Å². The molecule has 0 atom stereocenters. The van der Waals surface area contributed by atoms with Crippen LogP contribution in [-0.4, -0.2) is 24.2 Å². The maximum atomic E-state index is 10.6. The van der Waals surface area contributed by atoms with Crippen LogP contribution in [0.15, 0.2) is 0 Å². The Hall–Kier alpha value is -1.08.